The van der Waals surface area contributed by atoms with Gasteiger partial charge in [-0.2, -0.15) is 0 Å². The van der Waals surface area contributed by atoms with E-state index in [1.807, 2.05) is 0 Å². The van der Waals surface area contributed by atoms with E-state index in [-0.39, 0.29) is 33.2 Å². The summed E-state index contributed by atoms with van der Waals surface area (Å²) >= 11 is 7.12. The molecule has 0 atom stereocenters. The van der Waals surface area contributed by atoms with Gasteiger partial charge in [0.1, 0.15) is 0 Å². The number of hydrogen-bond donors (Lipinski definition) is 2. The van der Waals surface area contributed by atoms with E-state index < -0.39 is 17.5 Å². The Morgan fingerprint density at radius 3 is 2.72 bits per heavy atom. The van der Waals surface area contributed by atoms with Crippen LogP contribution in [0.2, 0.25) is 5.02 Å². The average Bonchev–Trinajstić information content (AvgIpc) is 3.07. The Morgan fingerprint density at radius 1 is 1.28 bits per heavy atom. The second-order valence-corrected chi connectivity index (χ2v) is 7.63. The van der Waals surface area contributed by atoms with Gasteiger partial charge in [-0.1, -0.05) is 17.7 Å². The Kier molecular flexibility index (Phi) is 7.33. The number of nitro groups is 1. The first kappa shape index (κ1) is 23.1. The fourth-order valence-corrected chi connectivity index (χ4v) is 3.63. The van der Waals surface area contributed by atoms with Crippen molar-refractivity contribution in [3.8, 4) is 11.5 Å². The molecule has 1 saturated heterocycles. The lowest BCUT2D eigenvalue weighted by atomic mass is 10.2. The van der Waals surface area contributed by atoms with Gasteiger partial charge in [0.25, 0.3) is 11.6 Å². The lowest BCUT2D eigenvalue weighted by Gasteiger charge is -2.11. The third-order valence-corrected chi connectivity index (χ3v) is 5.14. The number of nitrogens with one attached hydrogen (secondary N) is 1. The fourth-order valence-electron chi connectivity index (χ4n) is 2.58. The number of ether oxygens (including phenoxy) is 2. The maximum Gasteiger partial charge on any atom is 0.341 e. The van der Waals surface area contributed by atoms with Crippen molar-refractivity contribution >= 4 is 57.9 Å². The third-order valence-electron chi connectivity index (χ3n) is 3.93. The maximum absolute atomic E-state index is 12.3. The second kappa shape index (κ2) is 10.2. The molecule has 2 aromatic rings. The largest absolute Gasteiger partial charge is 0.490 e. The van der Waals surface area contributed by atoms with Gasteiger partial charge < -0.3 is 19.9 Å². The number of rotatable bonds is 8. The lowest BCUT2D eigenvalue weighted by Crippen LogP contribution is -2.19. The summed E-state index contributed by atoms with van der Waals surface area (Å²) in [6.07, 6.45) is 1.61. The van der Waals surface area contributed by atoms with Crippen LogP contribution in [0.4, 0.5) is 11.4 Å². The minimum absolute atomic E-state index is 0.0808. The van der Waals surface area contributed by atoms with Crippen molar-refractivity contribution in [1.29, 1.82) is 0 Å². The molecule has 10 nitrogen and oxygen atoms in total. The van der Waals surface area contributed by atoms with Crippen LogP contribution in [0.5, 0.6) is 11.5 Å². The van der Waals surface area contributed by atoms with E-state index in [2.05, 4.69) is 10.3 Å². The molecule has 2 N–H and O–H groups in total. The first-order valence-corrected chi connectivity index (χ1v) is 10.3. The molecule has 1 amide bonds. The van der Waals surface area contributed by atoms with E-state index in [1.54, 1.807) is 31.2 Å². The Balaban J connectivity index is 1.82. The van der Waals surface area contributed by atoms with Crippen LogP contribution >= 0.6 is 23.4 Å². The van der Waals surface area contributed by atoms with Crippen LogP contribution in [-0.2, 0) is 9.59 Å². The van der Waals surface area contributed by atoms with Gasteiger partial charge in [0.2, 0.25) is 0 Å². The zero-order valence-corrected chi connectivity index (χ0v) is 18.1. The number of non-ortho nitro benzene ring substituents is 1. The standard InChI is InChI=1S/C20H16ClN3O7S/c1-2-30-16-7-11(3-6-15(16)31-10-18(25)26)8-17-19(27)23-20(32-17)22-14-5-4-12(24(28)29)9-13(14)21/h3-9H,2,10H2,1H3,(H,25,26)(H,22,23,27)/b17-8+. The quantitative estimate of drug-likeness (QED) is 0.330. The van der Waals surface area contributed by atoms with Crippen molar-refractivity contribution in [1.82, 2.24) is 5.32 Å². The monoisotopic (exact) mass is 477 g/mol. The molecular weight excluding hydrogens is 462 g/mol. The number of nitrogens with zero attached hydrogens (tertiary/aromatic N) is 2. The number of carbonyl (C=O) groups is 2. The SMILES string of the molecule is CCOc1cc(/C=C2/SC(=Nc3ccc([N+](=O)[O-])cc3Cl)NC2=O)ccc1OCC(=O)O. The molecule has 1 aliphatic heterocycles. The molecule has 1 heterocycles. The summed E-state index contributed by atoms with van der Waals surface area (Å²) in [5.74, 6) is -0.874. The minimum Gasteiger partial charge on any atom is -0.490 e. The van der Waals surface area contributed by atoms with E-state index in [1.165, 1.54) is 18.2 Å². The van der Waals surface area contributed by atoms with E-state index in [4.69, 9.17) is 26.2 Å². The van der Waals surface area contributed by atoms with Crippen molar-refractivity contribution in [2.45, 2.75) is 6.92 Å². The van der Waals surface area contributed by atoms with Crippen LogP contribution in [0, 0.1) is 10.1 Å². The highest BCUT2D eigenvalue weighted by Crippen LogP contribution is 2.34. The van der Waals surface area contributed by atoms with E-state index in [9.17, 15) is 19.7 Å². The molecule has 1 fully saturated rings. The number of benzene rings is 2. The smallest absolute Gasteiger partial charge is 0.341 e. The highest BCUT2D eigenvalue weighted by atomic mass is 35.5. The topological polar surface area (TPSA) is 140 Å². The summed E-state index contributed by atoms with van der Waals surface area (Å²) in [5.41, 5.74) is 0.742. The molecule has 0 saturated carbocycles. The Labute approximate surface area is 191 Å². The fraction of sp³-hybridized carbons (Fsp3) is 0.150. The number of carboxylic acids is 1. The number of nitro benzene ring substituents is 1. The van der Waals surface area contributed by atoms with Gasteiger partial charge in [0.15, 0.2) is 23.3 Å². The van der Waals surface area contributed by atoms with Gasteiger partial charge in [0, 0.05) is 12.1 Å². The summed E-state index contributed by atoms with van der Waals surface area (Å²) in [5, 5.41) is 22.6. The molecule has 2 aromatic carbocycles. The molecule has 12 heteroatoms. The summed E-state index contributed by atoms with van der Waals surface area (Å²) < 4.78 is 10.7. The number of amidine groups is 1. The first-order valence-electron chi connectivity index (χ1n) is 9.11. The van der Waals surface area contributed by atoms with Crippen LogP contribution in [0.25, 0.3) is 6.08 Å². The predicted octanol–water partition coefficient (Wildman–Crippen LogP) is 4.00. The van der Waals surface area contributed by atoms with Gasteiger partial charge in [-0.05, 0) is 48.5 Å². The number of thioether (sulfide) groups is 1. The molecule has 166 valence electrons. The molecule has 1 aliphatic rings. The number of aliphatic imine (C=N–C) groups is 1. The zero-order valence-electron chi connectivity index (χ0n) is 16.5. The number of amides is 1. The van der Waals surface area contributed by atoms with Gasteiger partial charge in [-0.3, -0.25) is 14.9 Å². The third kappa shape index (κ3) is 5.77. The summed E-state index contributed by atoms with van der Waals surface area (Å²) in [7, 11) is 0. The lowest BCUT2D eigenvalue weighted by molar-refractivity contribution is -0.384. The van der Waals surface area contributed by atoms with Crippen molar-refractivity contribution in [2.75, 3.05) is 13.2 Å². The minimum atomic E-state index is -1.11. The highest BCUT2D eigenvalue weighted by molar-refractivity contribution is 8.18. The molecule has 0 bridgehead atoms. The van der Waals surface area contributed by atoms with Gasteiger partial charge >= 0.3 is 5.97 Å². The molecule has 0 aliphatic carbocycles. The van der Waals surface area contributed by atoms with Crippen molar-refractivity contribution in [2.24, 2.45) is 4.99 Å². The van der Waals surface area contributed by atoms with Crippen LogP contribution in [-0.4, -0.2) is 40.3 Å². The Morgan fingerprint density at radius 2 is 2.06 bits per heavy atom. The van der Waals surface area contributed by atoms with Crippen molar-refractivity contribution < 1.29 is 29.1 Å². The van der Waals surface area contributed by atoms with Crippen LogP contribution in [0.3, 0.4) is 0 Å². The maximum atomic E-state index is 12.3. The number of carbonyl (C=O) groups excluding carboxylic acids is 1. The summed E-state index contributed by atoms with van der Waals surface area (Å²) in [6.45, 7) is 1.60. The van der Waals surface area contributed by atoms with Gasteiger partial charge in [-0.25, -0.2) is 9.79 Å². The molecule has 3 rings (SSSR count). The summed E-state index contributed by atoms with van der Waals surface area (Å²) in [6, 6.07) is 8.69. The van der Waals surface area contributed by atoms with Crippen LogP contribution < -0.4 is 14.8 Å². The van der Waals surface area contributed by atoms with E-state index >= 15 is 0 Å². The number of hydrogen-bond acceptors (Lipinski definition) is 8. The van der Waals surface area contributed by atoms with Gasteiger partial charge in [0.05, 0.1) is 27.1 Å². The molecular formula is C20H16ClN3O7S. The zero-order chi connectivity index (χ0) is 23.3. The van der Waals surface area contributed by atoms with Crippen molar-refractivity contribution in [3.05, 3.63) is 62.0 Å². The van der Waals surface area contributed by atoms with E-state index in [0.717, 1.165) is 11.8 Å². The molecule has 0 unspecified atom stereocenters. The van der Waals surface area contributed by atoms with Crippen LogP contribution in [0.15, 0.2) is 46.3 Å². The van der Waals surface area contributed by atoms with Crippen LogP contribution in [0.1, 0.15) is 12.5 Å². The molecule has 32 heavy (non-hydrogen) atoms. The Hall–Kier alpha value is -3.57. The molecule has 0 aromatic heterocycles. The predicted molar refractivity (Wildman–Crippen MR) is 120 cm³/mol. The number of halogens is 1. The number of carboxylic acid groups (broad SMARTS) is 1. The van der Waals surface area contributed by atoms with E-state index in [0.29, 0.717) is 22.8 Å². The Bertz CT molecular complexity index is 1150. The molecule has 0 spiro atoms. The normalized spacial score (nSPS) is 15.6. The average molecular weight is 478 g/mol. The molecule has 0 radical (unpaired) electrons. The number of aliphatic carboxylic acids is 1. The van der Waals surface area contributed by atoms with Crippen molar-refractivity contribution in [3.63, 3.8) is 0 Å². The van der Waals surface area contributed by atoms with Gasteiger partial charge in [-0.15, -0.1) is 0 Å². The second-order valence-electron chi connectivity index (χ2n) is 6.20. The first-order chi connectivity index (χ1) is 15.3. The highest BCUT2D eigenvalue weighted by Gasteiger charge is 2.24. The summed E-state index contributed by atoms with van der Waals surface area (Å²) in [4.78, 5) is 37.9.